The highest BCUT2D eigenvalue weighted by Gasteiger charge is 2.26. The van der Waals surface area contributed by atoms with Crippen molar-refractivity contribution in [3.8, 4) is 5.75 Å². The predicted octanol–water partition coefficient (Wildman–Crippen LogP) is 4.94. The number of hydrogen-bond acceptors (Lipinski definition) is 5. The van der Waals surface area contributed by atoms with Gasteiger partial charge in [0.2, 0.25) is 9.84 Å². The molecule has 0 heterocycles. The summed E-state index contributed by atoms with van der Waals surface area (Å²) in [7, 11) is -8.11. The molecule has 0 aliphatic heterocycles. The molecule has 2 N–H and O–H groups in total. The van der Waals surface area contributed by atoms with Gasteiger partial charge in [-0.1, -0.05) is 58.4 Å². The van der Waals surface area contributed by atoms with Gasteiger partial charge in [0.25, 0.3) is 10.0 Å². The minimum absolute atomic E-state index is 0.0118. The smallest absolute Gasteiger partial charge is 0.261 e. The zero-order chi connectivity index (χ0) is 22.2. The van der Waals surface area contributed by atoms with Crippen molar-refractivity contribution in [3.63, 3.8) is 0 Å². The van der Waals surface area contributed by atoms with E-state index < -0.39 is 25.6 Å². The van der Waals surface area contributed by atoms with E-state index in [0.717, 1.165) is 10.5 Å². The van der Waals surface area contributed by atoms with Crippen molar-refractivity contribution < 1.29 is 21.9 Å². The van der Waals surface area contributed by atoms with Crippen LogP contribution in [-0.2, 0) is 19.9 Å². The second-order valence-electron chi connectivity index (χ2n) is 6.69. The molecular weight excluding hydrogens is 502 g/mol. The maximum absolute atomic E-state index is 13.2. The van der Waals surface area contributed by atoms with E-state index in [2.05, 4.69) is 20.7 Å². The summed E-state index contributed by atoms with van der Waals surface area (Å²) in [6.45, 7) is 0. The van der Waals surface area contributed by atoms with Crippen LogP contribution in [0.3, 0.4) is 0 Å². The Balaban J connectivity index is 1.92. The minimum Gasteiger partial charge on any atom is -0.506 e. The zero-order valence-corrected chi connectivity index (χ0v) is 19.1. The summed E-state index contributed by atoms with van der Waals surface area (Å²) in [4.78, 5) is -0.381. The molecule has 0 saturated carbocycles. The molecule has 0 atom stereocenters. The Hall–Kier alpha value is -2.88. The third kappa shape index (κ3) is 4.04. The van der Waals surface area contributed by atoms with Gasteiger partial charge in [0.15, 0.2) is 0 Å². The molecule has 4 aromatic carbocycles. The third-order valence-corrected chi connectivity index (χ3v) is 8.39. The number of phenolic OH excluding ortho intramolecular Hbond substituents is 1. The van der Waals surface area contributed by atoms with Crippen molar-refractivity contribution in [2.24, 2.45) is 0 Å². The van der Waals surface area contributed by atoms with E-state index in [1.807, 2.05) is 0 Å². The Kier molecular flexibility index (Phi) is 5.50. The van der Waals surface area contributed by atoms with Gasteiger partial charge >= 0.3 is 0 Å². The third-order valence-electron chi connectivity index (χ3n) is 4.69. The fourth-order valence-electron chi connectivity index (χ4n) is 3.17. The number of sulfonamides is 1. The maximum Gasteiger partial charge on any atom is 0.261 e. The number of nitrogens with one attached hydrogen (secondary N) is 1. The van der Waals surface area contributed by atoms with Gasteiger partial charge in [-0.05, 0) is 42.5 Å². The summed E-state index contributed by atoms with van der Waals surface area (Å²) in [5.41, 5.74) is 0.0471. The molecule has 0 bridgehead atoms. The molecule has 0 aromatic heterocycles. The second kappa shape index (κ2) is 7.99. The summed E-state index contributed by atoms with van der Waals surface area (Å²) in [5, 5.41) is 11.3. The SMILES string of the molecule is O=S(=O)(Nc1cc(S(=O)(=O)c2ccccc2)c(O)c2ccccc12)c1ccc(Br)cc1. The molecule has 31 heavy (non-hydrogen) atoms. The van der Waals surface area contributed by atoms with Gasteiger partial charge in [-0.3, -0.25) is 4.72 Å². The quantitative estimate of drug-likeness (QED) is 0.365. The lowest BCUT2D eigenvalue weighted by molar-refractivity contribution is 0.465. The lowest BCUT2D eigenvalue weighted by Gasteiger charge is -2.15. The first kappa shape index (κ1) is 21.4. The van der Waals surface area contributed by atoms with Crippen molar-refractivity contribution >= 4 is 52.3 Å². The summed E-state index contributed by atoms with van der Waals surface area (Å²) >= 11 is 3.26. The number of rotatable bonds is 5. The Bertz CT molecular complexity index is 1480. The van der Waals surface area contributed by atoms with E-state index in [0.29, 0.717) is 5.39 Å². The van der Waals surface area contributed by atoms with Crippen LogP contribution in [0.4, 0.5) is 5.69 Å². The van der Waals surface area contributed by atoms with Crippen LogP contribution < -0.4 is 4.72 Å². The molecule has 4 aromatic rings. The number of halogens is 1. The highest BCUT2D eigenvalue weighted by atomic mass is 79.9. The first-order chi connectivity index (χ1) is 14.7. The Labute approximate surface area is 188 Å². The molecule has 0 amide bonds. The number of anilines is 1. The van der Waals surface area contributed by atoms with Crippen molar-refractivity contribution in [1.82, 2.24) is 0 Å². The van der Waals surface area contributed by atoms with Crippen LogP contribution in [0.2, 0.25) is 0 Å². The van der Waals surface area contributed by atoms with Crippen molar-refractivity contribution in [1.29, 1.82) is 0 Å². The van der Waals surface area contributed by atoms with Gasteiger partial charge in [-0.15, -0.1) is 0 Å². The van der Waals surface area contributed by atoms with Gasteiger partial charge in [-0.2, -0.15) is 0 Å². The van der Waals surface area contributed by atoms with Gasteiger partial charge in [0, 0.05) is 15.2 Å². The molecule has 158 valence electrons. The second-order valence-corrected chi connectivity index (χ2v) is 11.2. The fraction of sp³-hybridized carbons (Fsp3) is 0. The number of fused-ring (bicyclic) bond motifs is 1. The van der Waals surface area contributed by atoms with Crippen LogP contribution >= 0.6 is 15.9 Å². The van der Waals surface area contributed by atoms with E-state index in [1.165, 1.54) is 30.3 Å². The van der Waals surface area contributed by atoms with E-state index >= 15 is 0 Å². The van der Waals surface area contributed by atoms with E-state index in [4.69, 9.17) is 0 Å². The van der Waals surface area contributed by atoms with Crippen molar-refractivity contribution in [3.05, 3.63) is 89.4 Å². The van der Waals surface area contributed by atoms with Crippen LogP contribution in [0.1, 0.15) is 0 Å². The zero-order valence-electron chi connectivity index (χ0n) is 15.9. The standard InChI is InChI=1S/C22H16BrNO5S2/c23-15-10-12-17(13-11-15)31(28,29)24-20-14-21(22(25)19-9-5-4-8-18(19)20)30(26,27)16-6-2-1-3-7-16/h1-14,24-25H. The molecule has 0 saturated heterocycles. The molecule has 9 heteroatoms. The summed E-state index contributed by atoms with van der Waals surface area (Å²) in [6, 6.07) is 21.3. The van der Waals surface area contributed by atoms with Crippen molar-refractivity contribution in [2.75, 3.05) is 4.72 Å². The average Bonchev–Trinajstić information content (AvgIpc) is 2.76. The number of phenols is 1. The highest BCUT2D eigenvalue weighted by Crippen LogP contribution is 2.40. The van der Waals surface area contributed by atoms with E-state index in [1.54, 1.807) is 48.5 Å². The van der Waals surface area contributed by atoms with Crippen LogP contribution in [0.25, 0.3) is 10.8 Å². The van der Waals surface area contributed by atoms with E-state index in [9.17, 15) is 21.9 Å². The molecule has 0 aliphatic carbocycles. The maximum atomic E-state index is 13.2. The average molecular weight is 518 g/mol. The Morgan fingerprint density at radius 2 is 1.29 bits per heavy atom. The molecule has 0 spiro atoms. The molecule has 6 nitrogen and oxygen atoms in total. The normalized spacial score (nSPS) is 12.0. The lowest BCUT2D eigenvalue weighted by atomic mass is 10.1. The molecule has 0 aliphatic rings. The van der Waals surface area contributed by atoms with Gasteiger partial charge in [0.05, 0.1) is 15.5 Å². The minimum atomic E-state index is -4.10. The molecule has 0 fully saturated rings. The van der Waals surface area contributed by atoms with Crippen LogP contribution in [0.15, 0.2) is 104 Å². The number of sulfone groups is 1. The summed E-state index contributed by atoms with van der Waals surface area (Å²) < 4.78 is 55.4. The number of hydrogen-bond donors (Lipinski definition) is 2. The van der Waals surface area contributed by atoms with Gasteiger partial charge in [0.1, 0.15) is 10.6 Å². The van der Waals surface area contributed by atoms with Crippen molar-refractivity contribution in [2.45, 2.75) is 14.7 Å². The fourth-order valence-corrected chi connectivity index (χ4v) is 5.91. The molecule has 0 radical (unpaired) electrons. The summed E-state index contributed by atoms with van der Waals surface area (Å²) in [5.74, 6) is -0.439. The van der Waals surface area contributed by atoms with Gasteiger partial charge < -0.3 is 5.11 Å². The van der Waals surface area contributed by atoms with E-state index in [-0.39, 0.29) is 25.8 Å². The monoisotopic (exact) mass is 517 g/mol. The van der Waals surface area contributed by atoms with Crippen LogP contribution in [0.5, 0.6) is 5.75 Å². The first-order valence-electron chi connectivity index (χ1n) is 9.03. The first-order valence-corrected chi connectivity index (χ1v) is 12.8. The molecule has 4 rings (SSSR count). The number of aromatic hydroxyl groups is 1. The lowest BCUT2D eigenvalue weighted by Crippen LogP contribution is -2.14. The Morgan fingerprint density at radius 1 is 0.710 bits per heavy atom. The largest absolute Gasteiger partial charge is 0.506 e. The topological polar surface area (TPSA) is 101 Å². The predicted molar refractivity (Wildman–Crippen MR) is 122 cm³/mol. The Morgan fingerprint density at radius 3 is 1.94 bits per heavy atom. The van der Waals surface area contributed by atoms with Gasteiger partial charge in [-0.25, -0.2) is 16.8 Å². The van der Waals surface area contributed by atoms with Crippen LogP contribution in [0, 0.1) is 0 Å². The number of benzene rings is 4. The summed E-state index contributed by atoms with van der Waals surface area (Å²) in [6.07, 6.45) is 0. The molecular formula is C22H16BrNO5S2. The van der Waals surface area contributed by atoms with Crippen LogP contribution in [-0.4, -0.2) is 21.9 Å². The highest BCUT2D eigenvalue weighted by molar-refractivity contribution is 9.10. The molecule has 0 unspecified atom stereocenters.